The van der Waals surface area contributed by atoms with Crippen LogP contribution in [-0.2, 0) is 0 Å². The first-order valence-electron chi connectivity index (χ1n) is 5.15. The van der Waals surface area contributed by atoms with E-state index in [-0.39, 0.29) is 0 Å². The van der Waals surface area contributed by atoms with Gasteiger partial charge in [0.1, 0.15) is 0 Å². The molecule has 0 spiro atoms. The van der Waals surface area contributed by atoms with E-state index in [2.05, 4.69) is 21.2 Å². The maximum absolute atomic E-state index is 6.10. The normalized spacial score (nSPS) is 10.3. The van der Waals surface area contributed by atoms with E-state index in [1.165, 1.54) is 0 Å². The molecule has 0 saturated heterocycles. The molecule has 0 aliphatic rings. The minimum Gasteiger partial charge on any atom is -0.397 e. The molecular formula is C13H12BrClN2. The highest BCUT2D eigenvalue weighted by molar-refractivity contribution is 9.10. The van der Waals surface area contributed by atoms with Gasteiger partial charge in [0.15, 0.2) is 0 Å². The van der Waals surface area contributed by atoms with Gasteiger partial charge >= 0.3 is 0 Å². The van der Waals surface area contributed by atoms with Gasteiger partial charge in [-0.25, -0.2) is 0 Å². The average Bonchev–Trinajstić information content (AvgIpc) is 2.28. The third-order valence-corrected chi connectivity index (χ3v) is 3.68. The lowest BCUT2D eigenvalue weighted by atomic mass is 10.2. The van der Waals surface area contributed by atoms with E-state index in [1.54, 1.807) is 0 Å². The molecule has 17 heavy (non-hydrogen) atoms. The predicted octanol–water partition coefficient (Wildman–Crippen LogP) is 4.74. The van der Waals surface area contributed by atoms with Crippen LogP contribution in [-0.4, -0.2) is 0 Å². The van der Waals surface area contributed by atoms with Gasteiger partial charge in [0, 0.05) is 10.2 Å². The Morgan fingerprint density at radius 3 is 2.65 bits per heavy atom. The van der Waals surface area contributed by atoms with Crippen LogP contribution >= 0.6 is 27.5 Å². The maximum atomic E-state index is 6.10. The lowest BCUT2D eigenvalue weighted by molar-refractivity contribution is 1.42. The zero-order valence-electron chi connectivity index (χ0n) is 9.30. The van der Waals surface area contributed by atoms with Crippen LogP contribution in [0.2, 0.25) is 5.02 Å². The van der Waals surface area contributed by atoms with Crippen molar-refractivity contribution in [2.24, 2.45) is 0 Å². The summed E-state index contributed by atoms with van der Waals surface area (Å²) >= 11 is 9.56. The summed E-state index contributed by atoms with van der Waals surface area (Å²) in [5.74, 6) is 0. The van der Waals surface area contributed by atoms with Crippen LogP contribution in [0.15, 0.2) is 40.9 Å². The Morgan fingerprint density at radius 2 is 2.00 bits per heavy atom. The van der Waals surface area contributed by atoms with E-state index >= 15 is 0 Å². The van der Waals surface area contributed by atoms with Crippen molar-refractivity contribution in [3.8, 4) is 0 Å². The zero-order valence-corrected chi connectivity index (χ0v) is 11.6. The summed E-state index contributed by atoms with van der Waals surface area (Å²) in [5, 5.41) is 3.85. The summed E-state index contributed by atoms with van der Waals surface area (Å²) in [5.41, 5.74) is 9.38. The topological polar surface area (TPSA) is 38.0 Å². The van der Waals surface area contributed by atoms with Crippen molar-refractivity contribution in [2.75, 3.05) is 11.1 Å². The molecule has 2 aromatic rings. The van der Waals surface area contributed by atoms with Gasteiger partial charge < -0.3 is 11.1 Å². The Labute approximate surface area is 114 Å². The molecule has 2 aromatic carbocycles. The first kappa shape index (κ1) is 12.3. The van der Waals surface area contributed by atoms with Crippen LogP contribution in [0.3, 0.4) is 0 Å². The lowest BCUT2D eigenvalue weighted by Gasteiger charge is -2.12. The molecule has 4 heteroatoms. The molecule has 3 N–H and O–H groups in total. The summed E-state index contributed by atoms with van der Waals surface area (Å²) < 4.78 is 1.08. The molecule has 2 nitrogen and oxygen atoms in total. The number of nitrogens with one attached hydrogen (secondary N) is 1. The van der Waals surface area contributed by atoms with Crippen molar-refractivity contribution < 1.29 is 0 Å². The number of halogens is 2. The summed E-state index contributed by atoms with van der Waals surface area (Å²) in [7, 11) is 0. The predicted molar refractivity (Wildman–Crippen MR) is 78.0 cm³/mol. The minimum absolute atomic E-state index is 0.616. The van der Waals surface area contributed by atoms with Crippen LogP contribution in [0.1, 0.15) is 5.56 Å². The Balaban J connectivity index is 2.35. The van der Waals surface area contributed by atoms with Gasteiger partial charge in [-0.3, -0.25) is 0 Å². The second-order valence-corrected chi connectivity index (χ2v) is 5.05. The number of nitrogens with two attached hydrogens (primary N) is 1. The smallest absolute Gasteiger partial charge is 0.0807 e. The molecule has 0 radical (unpaired) electrons. The van der Waals surface area contributed by atoms with Crippen molar-refractivity contribution in [1.82, 2.24) is 0 Å². The zero-order chi connectivity index (χ0) is 12.4. The van der Waals surface area contributed by atoms with Crippen LogP contribution in [0.5, 0.6) is 0 Å². The lowest BCUT2D eigenvalue weighted by Crippen LogP contribution is -1.97. The highest BCUT2D eigenvalue weighted by Crippen LogP contribution is 2.31. The van der Waals surface area contributed by atoms with Gasteiger partial charge in [-0.1, -0.05) is 33.6 Å². The molecule has 0 aromatic heterocycles. The van der Waals surface area contributed by atoms with Gasteiger partial charge in [-0.2, -0.15) is 0 Å². The van der Waals surface area contributed by atoms with Crippen molar-refractivity contribution in [3.05, 3.63) is 51.5 Å². The molecule has 0 bridgehead atoms. The number of hydrogen-bond donors (Lipinski definition) is 2. The largest absolute Gasteiger partial charge is 0.397 e. The van der Waals surface area contributed by atoms with Gasteiger partial charge in [0.25, 0.3) is 0 Å². The van der Waals surface area contributed by atoms with Crippen molar-refractivity contribution in [1.29, 1.82) is 0 Å². The van der Waals surface area contributed by atoms with Crippen molar-refractivity contribution >= 4 is 44.6 Å². The van der Waals surface area contributed by atoms with E-state index in [9.17, 15) is 0 Å². The standard InChI is InChI=1S/C13H12BrClN2/c1-8-7-9(5-6-10(8)14)17-13-11(15)3-2-4-12(13)16/h2-7,17H,16H2,1H3. The van der Waals surface area contributed by atoms with Crippen LogP contribution < -0.4 is 11.1 Å². The second kappa shape index (κ2) is 4.98. The number of aryl methyl sites for hydroxylation is 1. The van der Waals surface area contributed by atoms with Gasteiger partial charge in [0.2, 0.25) is 0 Å². The van der Waals surface area contributed by atoms with E-state index < -0.39 is 0 Å². The van der Waals surface area contributed by atoms with E-state index in [0.717, 1.165) is 21.4 Å². The number of benzene rings is 2. The van der Waals surface area contributed by atoms with Gasteiger partial charge in [-0.05, 0) is 42.8 Å². The first-order chi connectivity index (χ1) is 8.08. The summed E-state index contributed by atoms with van der Waals surface area (Å²) in [6.07, 6.45) is 0. The monoisotopic (exact) mass is 310 g/mol. The molecular weight excluding hydrogens is 300 g/mol. The average molecular weight is 312 g/mol. The number of rotatable bonds is 2. The molecule has 0 amide bonds. The van der Waals surface area contributed by atoms with Crippen molar-refractivity contribution in [2.45, 2.75) is 6.92 Å². The first-order valence-corrected chi connectivity index (χ1v) is 6.32. The summed E-state index contributed by atoms with van der Waals surface area (Å²) in [6, 6.07) is 11.5. The Bertz CT molecular complexity index is 535. The molecule has 0 unspecified atom stereocenters. The molecule has 2 rings (SSSR count). The fourth-order valence-corrected chi connectivity index (χ4v) is 2.02. The molecule has 0 atom stereocenters. The fraction of sp³-hybridized carbons (Fsp3) is 0.0769. The van der Waals surface area contributed by atoms with E-state index in [1.807, 2.05) is 43.3 Å². The SMILES string of the molecule is Cc1cc(Nc2c(N)cccc2Cl)ccc1Br. The van der Waals surface area contributed by atoms with Crippen LogP contribution in [0.4, 0.5) is 17.1 Å². The van der Waals surface area contributed by atoms with E-state index in [4.69, 9.17) is 17.3 Å². The van der Waals surface area contributed by atoms with Crippen molar-refractivity contribution in [3.63, 3.8) is 0 Å². The third kappa shape index (κ3) is 2.73. The van der Waals surface area contributed by atoms with Gasteiger partial charge in [0.05, 0.1) is 16.4 Å². The molecule has 88 valence electrons. The fourth-order valence-electron chi connectivity index (χ4n) is 1.54. The maximum Gasteiger partial charge on any atom is 0.0807 e. The Hall–Kier alpha value is -1.19. The number of para-hydroxylation sites is 1. The van der Waals surface area contributed by atoms with Crippen LogP contribution in [0, 0.1) is 6.92 Å². The highest BCUT2D eigenvalue weighted by atomic mass is 79.9. The quantitative estimate of drug-likeness (QED) is 0.786. The summed E-state index contributed by atoms with van der Waals surface area (Å²) in [6.45, 7) is 2.03. The highest BCUT2D eigenvalue weighted by Gasteiger charge is 2.05. The van der Waals surface area contributed by atoms with Gasteiger partial charge in [-0.15, -0.1) is 0 Å². The molecule has 0 aliphatic carbocycles. The molecule has 0 saturated carbocycles. The third-order valence-electron chi connectivity index (χ3n) is 2.47. The Morgan fingerprint density at radius 1 is 1.24 bits per heavy atom. The summed E-state index contributed by atoms with van der Waals surface area (Å²) in [4.78, 5) is 0. The minimum atomic E-state index is 0.616. The molecule has 0 fully saturated rings. The molecule has 0 heterocycles. The van der Waals surface area contributed by atoms with E-state index in [0.29, 0.717) is 10.7 Å². The second-order valence-electron chi connectivity index (χ2n) is 3.79. The number of hydrogen-bond acceptors (Lipinski definition) is 2. The van der Waals surface area contributed by atoms with Crippen LogP contribution in [0.25, 0.3) is 0 Å². The number of anilines is 3. The number of nitrogen functional groups attached to an aromatic ring is 1. The Kier molecular flexibility index (Phi) is 3.60. The molecule has 0 aliphatic heterocycles.